The molecule has 0 heterocycles. The molecule has 0 spiro atoms. The zero-order chi connectivity index (χ0) is 17.8. The summed E-state index contributed by atoms with van der Waals surface area (Å²) in [7, 11) is 0. The molecule has 0 aromatic carbocycles. The molecule has 4 aliphatic rings. The maximum Gasteiger partial charge on any atom is 0.139 e. The first-order valence-corrected chi connectivity index (χ1v) is 10.3. The van der Waals surface area contributed by atoms with Gasteiger partial charge in [0.15, 0.2) is 0 Å². The van der Waals surface area contributed by atoms with Crippen LogP contribution in [0.15, 0.2) is 0 Å². The molecule has 4 aliphatic carbocycles. The van der Waals surface area contributed by atoms with Gasteiger partial charge in [0.25, 0.3) is 0 Å². The average molecular weight is 350 g/mol. The molecule has 2 N–H and O–H groups in total. The summed E-state index contributed by atoms with van der Waals surface area (Å²) >= 11 is 0. The van der Waals surface area contributed by atoms with Gasteiger partial charge in [-0.05, 0) is 74.0 Å². The van der Waals surface area contributed by atoms with Crippen molar-refractivity contribution in [1.82, 2.24) is 0 Å². The van der Waals surface area contributed by atoms with Crippen LogP contribution in [0.3, 0.4) is 0 Å². The third-order valence-electron chi connectivity index (χ3n) is 8.79. The summed E-state index contributed by atoms with van der Waals surface area (Å²) in [4.78, 5) is 12.5. The Balaban J connectivity index is 1.58. The number of carbonyl (C=O) groups is 1. The zero-order valence-electron chi connectivity index (χ0n) is 15.7. The molecule has 142 valence electrons. The molecule has 0 radical (unpaired) electrons. The van der Waals surface area contributed by atoms with Gasteiger partial charge in [0.1, 0.15) is 5.78 Å². The van der Waals surface area contributed by atoms with Crippen LogP contribution in [0, 0.1) is 34.5 Å². The van der Waals surface area contributed by atoms with E-state index in [1.807, 2.05) is 0 Å². The van der Waals surface area contributed by atoms with Gasteiger partial charge in [-0.3, -0.25) is 4.79 Å². The van der Waals surface area contributed by atoms with E-state index >= 15 is 0 Å². The van der Waals surface area contributed by atoms with E-state index in [-0.39, 0.29) is 23.5 Å². The molecule has 0 aromatic heterocycles. The number of Topliss-reactive ketones (excluding diaryl/α,β-unsaturated/α-hetero) is 1. The number of hydrogen-bond acceptors (Lipinski definition) is 4. The van der Waals surface area contributed by atoms with Gasteiger partial charge in [-0.15, -0.1) is 0 Å². The summed E-state index contributed by atoms with van der Waals surface area (Å²) < 4.78 is 5.81. The van der Waals surface area contributed by atoms with Crippen molar-refractivity contribution in [3.8, 4) is 0 Å². The number of aliphatic hydroxyl groups is 2. The molecular formula is C21H34O4. The van der Waals surface area contributed by atoms with Gasteiger partial charge >= 0.3 is 0 Å². The Morgan fingerprint density at radius 1 is 1.16 bits per heavy atom. The molecule has 0 aromatic rings. The largest absolute Gasteiger partial charge is 0.394 e. The minimum atomic E-state index is -0.400. The number of aliphatic hydroxyl groups excluding tert-OH is 2. The Morgan fingerprint density at radius 3 is 2.72 bits per heavy atom. The van der Waals surface area contributed by atoms with E-state index in [1.165, 1.54) is 12.8 Å². The molecule has 8 atom stereocenters. The van der Waals surface area contributed by atoms with Crippen LogP contribution in [-0.2, 0) is 9.53 Å². The average Bonchev–Trinajstić information content (AvgIpc) is 2.89. The Morgan fingerprint density at radius 2 is 1.96 bits per heavy atom. The number of ketones is 1. The molecule has 4 rings (SSSR count). The first-order chi connectivity index (χ1) is 11.9. The minimum absolute atomic E-state index is 0.0119. The Kier molecular flexibility index (Phi) is 4.53. The highest BCUT2D eigenvalue weighted by molar-refractivity contribution is 5.87. The van der Waals surface area contributed by atoms with Crippen LogP contribution in [0.4, 0.5) is 0 Å². The van der Waals surface area contributed by atoms with Gasteiger partial charge in [0.05, 0.1) is 25.4 Å². The van der Waals surface area contributed by atoms with Crippen LogP contribution in [0.5, 0.6) is 0 Å². The third-order valence-corrected chi connectivity index (χ3v) is 8.79. The normalized spacial score (nSPS) is 52.4. The van der Waals surface area contributed by atoms with Crippen molar-refractivity contribution in [3.63, 3.8) is 0 Å². The Hall–Kier alpha value is -0.450. The molecular weight excluding hydrogens is 316 g/mol. The lowest BCUT2D eigenvalue weighted by Gasteiger charge is -2.61. The summed E-state index contributed by atoms with van der Waals surface area (Å²) in [5.41, 5.74) is 0.139. The number of fused-ring (bicyclic) bond motifs is 5. The lowest BCUT2D eigenvalue weighted by atomic mass is 9.45. The van der Waals surface area contributed by atoms with Gasteiger partial charge in [-0.25, -0.2) is 0 Å². The summed E-state index contributed by atoms with van der Waals surface area (Å²) in [5.74, 6) is 2.97. The fourth-order valence-corrected chi connectivity index (χ4v) is 7.40. The van der Waals surface area contributed by atoms with Crippen LogP contribution in [0.2, 0.25) is 0 Å². The van der Waals surface area contributed by atoms with Crippen molar-refractivity contribution in [2.75, 3.05) is 13.2 Å². The first kappa shape index (κ1) is 17.9. The highest BCUT2D eigenvalue weighted by Gasteiger charge is 2.61. The zero-order valence-corrected chi connectivity index (χ0v) is 15.7. The van der Waals surface area contributed by atoms with E-state index in [9.17, 15) is 9.90 Å². The summed E-state index contributed by atoms with van der Waals surface area (Å²) in [6.07, 6.45) is 7.66. The predicted octanol–water partition coefficient (Wildman–Crippen LogP) is 2.95. The molecule has 0 aliphatic heterocycles. The Labute approximate surface area is 151 Å². The van der Waals surface area contributed by atoms with E-state index in [0.29, 0.717) is 36.1 Å². The molecule has 4 saturated carbocycles. The molecule has 4 nitrogen and oxygen atoms in total. The summed E-state index contributed by atoms with van der Waals surface area (Å²) in [6.45, 7) is 4.98. The van der Waals surface area contributed by atoms with Crippen LogP contribution in [0.25, 0.3) is 0 Å². The second-order valence-corrected chi connectivity index (χ2v) is 9.71. The SMILES string of the molecule is CC12CCC3C(CCC4CC(O)C(OCCO)CC43C)C1CCC2=O. The van der Waals surface area contributed by atoms with Crippen molar-refractivity contribution >= 4 is 5.78 Å². The fraction of sp³-hybridized carbons (Fsp3) is 0.952. The molecule has 8 unspecified atom stereocenters. The standard InChI is InChI=1S/C21H34O4/c1-20-8-7-16-14(15(20)5-6-19(20)24)4-3-13-11-17(23)18(25-10-9-22)12-21(13,16)2/h13-18,22-23H,3-12H2,1-2H3. The minimum Gasteiger partial charge on any atom is -0.394 e. The van der Waals surface area contributed by atoms with Crippen molar-refractivity contribution in [1.29, 1.82) is 0 Å². The second-order valence-electron chi connectivity index (χ2n) is 9.71. The van der Waals surface area contributed by atoms with Crippen LogP contribution < -0.4 is 0 Å². The van der Waals surface area contributed by atoms with Gasteiger partial charge in [-0.2, -0.15) is 0 Å². The van der Waals surface area contributed by atoms with E-state index < -0.39 is 6.10 Å². The van der Waals surface area contributed by atoms with Crippen molar-refractivity contribution in [2.45, 2.75) is 77.4 Å². The molecule has 0 amide bonds. The topological polar surface area (TPSA) is 66.8 Å². The maximum absolute atomic E-state index is 12.5. The van der Waals surface area contributed by atoms with Crippen molar-refractivity contribution in [2.24, 2.45) is 34.5 Å². The number of ether oxygens (including phenoxy) is 1. The molecule has 25 heavy (non-hydrogen) atoms. The molecule has 0 saturated heterocycles. The van der Waals surface area contributed by atoms with E-state index in [1.54, 1.807) is 0 Å². The van der Waals surface area contributed by atoms with Gasteiger partial charge in [0, 0.05) is 11.8 Å². The number of carbonyl (C=O) groups excluding carboxylic acids is 1. The quantitative estimate of drug-likeness (QED) is 0.821. The Bertz CT molecular complexity index is 534. The van der Waals surface area contributed by atoms with Crippen LogP contribution in [0.1, 0.15) is 65.2 Å². The van der Waals surface area contributed by atoms with Crippen molar-refractivity contribution < 1.29 is 19.7 Å². The lowest BCUT2D eigenvalue weighted by molar-refractivity contribution is -0.173. The summed E-state index contributed by atoms with van der Waals surface area (Å²) in [6, 6.07) is 0. The van der Waals surface area contributed by atoms with Gasteiger partial charge < -0.3 is 14.9 Å². The molecule has 4 heteroatoms. The van der Waals surface area contributed by atoms with Crippen LogP contribution in [-0.4, -0.2) is 41.4 Å². The number of hydrogen-bond donors (Lipinski definition) is 2. The lowest BCUT2D eigenvalue weighted by Crippen LogP contribution is -2.57. The first-order valence-electron chi connectivity index (χ1n) is 10.3. The number of rotatable bonds is 3. The molecule has 4 fully saturated rings. The van der Waals surface area contributed by atoms with Gasteiger partial charge in [-0.1, -0.05) is 13.8 Å². The predicted molar refractivity (Wildman–Crippen MR) is 94.9 cm³/mol. The molecule has 0 bridgehead atoms. The third kappa shape index (κ3) is 2.62. The van der Waals surface area contributed by atoms with E-state index in [4.69, 9.17) is 9.84 Å². The smallest absolute Gasteiger partial charge is 0.139 e. The van der Waals surface area contributed by atoms with E-state index in [2.05, 4.69) is 13.8 Å². The van der Waals surface area contributed by atoms with Crippen LogP contribution >= 0.6 is 0 Å². The summed E-state index contributed by atoms with van der Waals surface area (Å²) in [5, 5.41) is 19.6. The van der Waals surface area contributed by atoms with Crippen molar-refractivity contribution in [3.05, 3.63) is 0 Å². The maximum atomic E-state index is 12.5. The monoisotopic (exact) mass is 350 g/mol. The fourth-order valence-electron chi connectivity index (χ4n) is 7.40. The highest BCUT2D eigenvalue weighted by atomic mass is 16.5. The highest BCUT2D eigenvalue weighted by Crippen LogP contribution is 2.65. The van der Waals surface area contributed by atoms with Gasteiger partial charge in [0.2, 0.25) is 0 Å². The second kappa shape index (κ2) is 6.31. The van der Waals surface area contributed by atoms with E-state index in [0.717, 1.165) is 38.5 Å².